The molecule has 0 spiro atoms. The van der Waals surface area contributed by atoms with Gasteiger partial charge < -0.3 is 11.1 Å². The summed E-state index contributed by atoms with van der Waals surface area (Å²) in [5.74, 6) is 0.472. The normalized spacial score (nSPS) is 11.8. The third-order valence-corrected chi connectivity index (χ3v) is 3.70. The lowest BCUT2D eigenvalue weighted by Gasteiger charge is -2.11. The Hall–Kier alpha value is -1.99. The molecule has 0 bridgehead atoms. The van der Waals surface area contributed by atoms with Crippen molar-refractivity contribution in [2.45, 2.75) is 47.1 Å². The van der Waals surface area contributed by atoms with Gasteiger partial charge in [0.2, 0.25) is 5.91 Å². The van der Waals surface area contributed by atoms with Crippen molar-refractivity contribution in [3.8, 4) is 5.95 Å². The number of aromatic nitrogens is 4. The molecule has 1 amide bonds. The van der Waals surface area contributed by atoms with E-state index in [1.807, 2.05) is 40.7 Å². The van der Waals surface area contributed by atoms with Gasteiger partial charge in [0.05, 0.1) is 12.1 Å². The zero-order valence-corrected chi connectivity index (χ0v) is 15.6. The Balaban J connectivity index is 0.00000288. The van der Waals surface area contributed by atoms with Crippen LogP contribution in [0.1, 0.15) is 35.3 Å². The molecule has 3 N–H and O–H groups in total. The molecule has 2 rings (SSSR count). The van der Waals surface area contributed by atoms with Gasteiger partial charge in [-0.05, 0) is 40.7 Å². The van der Waals surface area contributed by atoms with Crippen molar-refractivity contribution in [2.24, 2.45) is 5.73 Å². The Morgan fingerprint density at radius 3 is 2.38 bits per heavy atom. The summed E-state index contributed by atoms with van der Waals surface area (Å²) < 4.78 is 1.70. The molecule has 2 aromatic rings. The maximum atomic E-state index is 12.1. The third-order valence-electron chi connectivity index (χ3n) is 3.70. The fraction of sp³-hybridized carbons (Fsp3) is 0.500. The van der Waals surface area contributed by atoms with Crippen molar-refractivity contribution in [2.75, 3.05) is 6.54 Å². The second-order valence-corrected chi connectivity index (χ2v) is 5.89. The first-order valence-corrected chi connectivity index (χ1v) is 7.69. The van der Waals surface area contributed by atoms with Crippen LogP contribution in [0.4, 0.5) is 0 Å². The van der Waals surface area contributed by atoms with Gasteiger partial charge in [-0.2, -0.15) is 5.10 Å². The summed E-state index contributed by atoms with van der Waals surface area (Å²) in [6.45, 7) is 9.96. The summed E-state index contributed by atoms with van der Waals surface area (Å²) >= 11 is 0. The van der Waals surface area contributed by atoms with Crippen LogP contribution >= 0.6 is 12.4 Å². The molecule has 0 aliphatic carbocycles. The molecule has 1 atom stereocenters. The van der Waals surface area contributed by atoms with Crippen molar-refractivity contribution >= 4 is 18.3 Å². The van der Waals surface area contributed by atoms with Crippen LogP contribution in [0.3, 0.4) is 0 Å². The summed E-state index contributed by atoms with van der Waals surface area (Å²) in [6, 6.07) is 1.87. The van der Waals surface area contributed by atoms with E-state index in [1.165, 1.54) is 0 Å². The van der Waals surface area contributed by atoms with E-state index in [9.17, 15) is 4.79 Å². The highest BCUT2D eigenvalue weighted by Gasteiger charge is 2.18. The van der Waals surface area contributed by atoms with Crippen molar-refractivity contribution in [1.29, 1.82) is 0 Å². The number of rotatable bonds is 5. The maximum Gasteiger partial charge on any atom is 0.251 e. The molecule has 24 heavy (non-hydrogen) atoms. The van der Waals surface area contributed by atoms with Gasteiger partial charge in [0.25, 0.3) is 5.95 Å². The van der Waals surface area contributed by atoms with Gasteiger partial charge in [0.1, 0.15) is 0 Å². The lowest BCUT2D eigenvalue weighted by atomic mass is 10.1. The molecule has 0 unspecified atom stereocenters. The highest BCUT2D eigenvalue weighted by atomic mass is 35.5. The van der Waals surface area contributed by atoms with Crippen LogP contribution in [0.15, 0.2) is 6.07 Å². The molecule has 0 aromatic carbocycles. The Morgan fingerprint density at radius 2 is 1.83 bits per heavy atom. The van der Waals surface area contributed by atoms with Crippen LogP contribution in [-0.4, -0.2) is 38.2 Å². The molecule has 132 valence electrons. The Kier molecular flexibility index (Phi) is 6.86. The highest BCUT2D eigenvalue weighted by molar-refractivity contribution is 5.85. The number of nitrogens with zero attached hydrogens (tertiary/aromatic N) is 4. The number of nitrogens with one attached hydrogen (secondary N) is 1. The molecule has 0 saturated carbocycles. The molecule has 0 aliphatic rings. The first-order valence-electron chi connectivity index (χ1n) is 7.69. The minimum Gasteiger partial charge on any atom is -0.352 e. The number of hydrogen-bond acceptors (Lipinski definition) is 5. The second kappa shape index (κ2) is 8.21. The molecule has 2 heterocycles. The fourth-order valence-corrected chi connectivity index (χ4v) is 2.47. The standard InChI is InChI=1S/C16H24N6O.ClH/c1-9-6-10(2)20-16(19-9)22-13(5)14(12(4)21-22)7-15(23)18-11(3)8-17;/h6,11H,7-8,17H2,1-5H3,(H,18,23);1H/t11-;/m0./s1. The second-order valence-electron chi connectivity index (χ2n) is 5.89. The van der Waals surface area contributed by atoms with Crippen LogP contribution in [0.25, 0.3) is 5.95 Å². The smallest absolute Gasteiger partial charge is 0.251 e. The lowest BCUT2D eigenvalue weighted by Crippen LogP contribution is -2.38. The summed E-state index contributed by atoms with van der Waals surface area (Å²) in [6.07, 6.45) is 0.271. The SMILES string of the molecule is Cc1cc(C)nc(-n2nc(C)c(CC(=O)N[C@@H](C)CN)c2C)n1.Cl. The minimum atomic E-state index is -0.0601. The quantitative estimate of drug-likeness (QED) is 0.845. The maximum absolute atomic E-state index is 12.1. The Labute approximate surface area is 148 Å². The van der Waals surface area contributed by atoms with E-state index in [0.29, 0.717) is 12.5 Å². The van der Waals surface area contributed by atoms with E-state index >= 15 is 0 Å². The molecule has 0 aliphatic heterocycles. The number of nitrogens with two attached hydrogens (primary N) is 1. The van der Waals surface area contributed by atoms with Crippen molar-refractivity contribution < 1.29 is 4.79 Å². The van der Waals surface area contributed by atoms with Crippen LogP contribution in [0, 0.1) is 27.7 Å². The van der Waals surface area contributed by atoms with Gasteiger partial charge in [-0.1, -0.05) is 0 Å². The van der Waals surface area contributed by atoms with Gasteiger partial charge in [0, 0.05) is 35.2 Å². The summed E-state index contributed by atoms with van der Waals surface area (Å²) in [5, 5.41) is 7.37. The van der Waals surface area contributed by atoms with Gasteiger partial charge >= 0.3 is 0 Å². The average Bonchev–Trinajstić information content (AvgIpc) is 2.74. The van der Waals surface area contributed by atoms with Gasteiger partial charge in [-0.3, -0.25) is 4.79 Å². The third kappa shape index (κ3) is 4.52. The van der Waals surface area contributed by atoms with Crippen molar-refractivity contribution in [3.05, 3.63) is 34.4 Å². The van der Waals surface area contributed by atoms with Gasteiger partial charge in [-0.15, -0.1) is 12.4 Å². The molecule has 2 aromatic heterocycles. The minimum absolute atomic E-state index is 0. The number of carbonyl (C=O) groups excluding carboxylic acids is 1. The van der Waals surface area contributed by atoms with E-state index < -0.39 is 0 Å². The van der Waals surface area contributed by atoms with E-state index in [-0.39, 0.29) is 30.8 Å². The number of halogens is 1. The molecule has 7 nitrogen and oxygen atoms in total. The Bertz CT molecular complexity index is 707. The van der Waals surface area contributed by atoms with E-state index in [4.69, 9.17) is 5.73 Å². The zero-order chi connectivity index (χ0) is 17.1. The largest absolute Gasteiger partial charge is 0.352 e. The number of aryl methyl sites for hydroxylation is 3. The van der Waals surface area contributed by atoms with E-state index in [1.54, 1.807) is 4.68 Å². The monoisotopic (exact) mass is 352 g/mol. The predicted molar refractivity (Wildman–Crippen MR) is 95.7 cm³/mol. The molecule has 8 heteroatoms. The van der Waals surface area contributed by atoms with Crippen molar-refractivity contribution in [3.63, 3.8) is 0 Å². The summed E-state index contributed by atoms with van der Waals surface area (Å²) in [5.41, 5.74) is 9.89. The number of carbonyl (C=O) groups is 1. The molecule has 0 saturated heterocycles. The van der Waals surface area contributed by atoms with E-state index in [2.05, 4.69) is 20.4 Å². The van der Waals surface area contributed by atoms with Crippen LogP contribution in [-0.2, 0) is 11.2 Å². The number of amides is 1. The average molecular weight is 353 g/mol. The lowest BCUT2D eigenvalue weighted by molar-refractivity contribution is -0.121. The molecular formula is C16H25ClN6O. The highest BCUT2D eigenvalue weighted by Crippen LogP contribution is 2.17. The first-order chi connectivity index (χ1) is 10.8. The first kappa shape index (κ1) is 20.1. The van der Waals surface area contributed by atoms with Crippen LogP contribution in [0.2, 0.25) is 0 Å². The van der Waals surface area contributed by atoms with E-state index in [0.717, 1.165) is 28.3 Å². The van der Waals surface area contributed by atoms with Crippen LogP contribution in [0.5, 0.6) is 0 Å². The van der Waals surface area contributed by atoms with Gasteiger partial charge in [-0.25, -0.2) is 14.6 Å². The predicted octanol–water partition coefficient (Wildman–Crippen LogP) is 1.32. The molecule has 0 fully saturated rings. The summed E-state index contributed by atoms with van der Waals surface area (Å²) in [7, 11) is 0. The topological polar surface area (TPSA) is 98.7 Å². The Morgan fingerprint density at radius 1 is 1.25 bits per heavy atom. The summed E-state index contributed by atoms with van der Waals surface area (Å²) in [4.78, 5) is 21.0. The number of hydrogen-bond donors (Lipinski definition) is 2. The van der Waals surface area contributed by atoms with Crippen molar-refractivity contribution in [1.82, 2.24) is 25.1 Å². The fourth-order valence-electron chi connectivity index (χ4n) is 2.47. The molecule has 0 radical (unpaired) electrons. The molecular weight excluding hydrogens is 328 g/mol. The van der Waals surface area contributed by atoms with Gasteiger partial charge in [0.15, 0.2) is 0 Å². The zero-order valence-electron chi connectivity index (χ0n) is 14.8. The van der Waals surface area contributed by atoms with Crippen LogP contribution < -0.4 is 11.1 Å².